The van der Waals surface area contributed by atoms with E-state index in [2.05, 4.69) is 5.32 Å². The summed E-state index contributed by atoms with van der Waals surface area (Å²) >= 11 is 0. The minimum Gasteiger partial charge on any atom is -0.481 e. The van der Waals surface area contributed by atoms with Crippen LogP contribution in [0.1, 0.15) is 30.9 Å². The van der Waals surface area contributed by atoms with Crippen molar-refractivity contribution >= 4 is 23.9 Å². The Kier molecular flexibility index (Phi) is 7.04. The number of carboxylic acid groups (broad SMARTS) is 1. The molecule has 35 heavy (non-hydrogen) atoms. The number of carbonyl (C=O) groups excluding carboxylic acids is 3. The molecule has 0 spiro atoms. The fraction of sp³-hybridized carbons (Fsp3) is 0.385. The number of ether oxygens (including phenoxy) is 2. The van der Waals surface area contributed by atoms with Gasteiger partial charge >= 0.3 is 18.0 Å². The molecular weight excluding hydrogens is 452 g/mol. The Bertz CT molecular complexity index is 1100. The van der Waals surface area contributed by atoms with Crippen molar-refractivity contribution in [3.05, 3.63) is 59.7 Å². The summed E-state index contributed by atoms with van der Waals surface area (Å²) < 4.78 is 10.5. The minimum absolute atomic E-state index is 0.0170. The lowest BCUT2D eigenvalue weighted by molar-refractivity contribution is -0.151. The predicted octanol–water partition coefficient (Wildman–Crippen LogP) is 2.64. The highest BCUT2D eigenvalue weighted by Gasteiger charge is 2.42. The third-order valence-corrected chi connectivity index (χ3v) is 6.62. The van der Waals surface area contributed by atoms with Crippen molar-refractivity contribution in [1.29, 1.82) is 0 Å². The van der Waals surface area contributed by atoms with E-state index in [0.29, 0.717) is 0 Å². The van der Waals surface area contributed by atoms with E-state index in [4.69, 9.17) is 9.47 Å². The standard InChI is InChI=1S/C26H28N2O7/c1-3-34-25(32)22(23(29)28-12-15(2)20(13-28)24(30)31)27-26(33)35-14-21-18-10-6-4-8-16(18)17-9-5-7-11-19(17)21/h4-11,15,20-22H,3,12-14H2,1-2H3,(H,27,33)(H,30,31)/t15-,20-,22?/m1/s1. The molecule has 9 heteroatoms. The lowest BCUT2D eigenvalue weighted by atomic mass is 9.98. The molecule has 3 atom stereocenters. The predicted molar refractivity (Wildman–Crippen MR) is 125 cm³/mol. The van der Waals surface area contributed by atoms with Crippen molar-refractivity contribution in [2.75, 3.05) is 26.3 Å². The van der Waals surface area contributed by atoms with Crippen molar-refractivity contribution in [3.63, 3.8) is 0 Å². The van der Waals surface area contributed by atoms with Crippen molar-refractivity contribution in [2.45, 2.75) is 25.8 Å². The Labute approximate surface area is 203 Å². The van der Waals surface area contributed by atoms with Crippen LogP contribution >= 0.6 is 0 Å². The fourth-order valence-corrected chi connectivity index (χ4v) is 4.86. The molecule has 1 aliphatic heterocycles. The van der Waals surface area contributed by atoms with Gasteiger partial charge in [-0.3, -0.25) is 14.9 Å². The molecule has 1 fully saturated rings. The zero-order chi connectivity index (χ0) is 25.1. The second-order valence-electron chi connectivity index (χ2n) is 8.82. The molecular formula is C26H28N2O7. The maximum absolute atomic E-state index is 13.1. The number of hydrogen-bond acceptors (Lipinski definition) is 6. The summed E-state index contributed by atoms with van der Waals surface area (Å²) in [6.07, 6.45) is -0.930. The van der Waals surface area contributed by atoms with Crippen LogP contribution in [0, 0.1) is 11.8 Å². The van der Waals surface area contributed by atoms with Gasteiger partial charge in [0.25, 0.3) is 5.91 Å². The largest absolute Gasteiger partial charge is 0.481 e. The second kappa shape index (κ2) is 10.2. The number of aliphatic carboxylic acids is 1. The van der Waals surface area contributed by atoms with E-state index in [1.165, 1.54) is 4.90 Å². The van der Waals surface area contributed by atoms with E-state index in [1.807, 2.05) is 48.5 Å². The molecule has 2 amide bonds. The Hall–Kier alpha value is -3.88. The summed E-state index contributed by atoms with van der Waals surface area (Å²) in [5.74, 6) is -3.85. The van der Waals surface area contributed by atoms with E-state index in [0.717, 1.165) is 22.3 Å². The van der Waals surface area contributed by atoms with Crippen molar-refractivity contribution in [1.82, 2.24) is 10.2 Å². The maximum atomic E-state index is 13.1. The monoisotopic (exact) mass is 480 g/mol. The quantitative estimate of drug-likeness (QED) is 0.461. The van der Waals surface area contributed by atoms with E-state index in [-0.39, 0.29) is 38.1 Å². The summed E-state index contributed by atoms with van der Waals surface area (Å²) in [5, 5.41) is 11.7. The van der Waals surface area contributed by atoms with Crippen LogP contribution < -0.4 is 5.32 Å². The third kappa shape index (κ3) is 4.84. The van der Waals surface area contributed by atoms with Crippen LogP contribution in [-0.2, 0) is 23.9 Å². The average molecular weight is 481 g/mol. The van der Waals surface area contributed by atoms with E-state index >= 15 is 0 Å². The Morgan fingerprint density at radius 2 is 1.60 bits per heavy atom. The van der Waals surface area contributed by atoms with Gasteiger partial charge in [0.05, 0.1) is 12.5 Å². The Morgan fingerprint density at radius 3 is 2.14 bits per heavy atom. The van der Waals surface area contributed by atoms with Crippen LogP contribution in [0.5, 0.6) is 0 Å². The topological polar surface area (TPSA) is 122 Å². The highest BCUT2D eigenvalue weighted by atomic mass is 16.6. The summed E-state index contributed by atoms with van der Waals surface area (Å²) in [6.45, 7) is 3.47. The van der Waals surface area contributed by atoms with E-state index < -0.39 is 35.9 Å². The zero-order valence-corrected chi connectivity index (χ0v) is 19.6. The molecule has 1 unspecified atom stereocenters. The number of likely N-dealkylation sites (tertiary alicyclic amines) is 1. The van der Waals surface area contributed by atoms with Gasteiger partial charge < -0.3 is 19.5 Å². The second-order valence-corrected chi connectivity index (χ2v) is 8.82. The zero-order valence-electron chi connectivity index (χ0n) is 19.6. The molecule has 1 aliphatic carbocycles. The number of nitrogens with zero attached hydrogens (tertiary/aromatic N) is 1. The molecule has 2 aromatic rings. The molecule has 184 valence electrons. The van der Waals surface area contributed by atoms with Gasteiger partial charge in [0, 0.05) is 19.0 Å². The Balaban J connectivity index is 1.45. The van der Waals surface area contributed by atoms with Gasteiger partial charge in [-0.1, -0.05) is 55.5 Å². The summed E-state index contributed by atoms with van der Waals surface area (Å²) in [5.41, 5.74) is 4.22. The molecule has 0 saturated carbocycles. The first-order valence-corrected chi connectivity index (χ1v) is 11.6. The summed E-state index contributed by atoms with van der Waals surface area (Å²) in [6, 6.07) is 14.1. The molecule has 2 aromatic carbocycles. The van der Waals surface area contributed by atoms with Gasteiger partial charge in [0.15, 0.2) is 0 Å². The number of fused-ring (bicyclic) bond motifs is 3. The van der Waals surface area contributed by atoms with Crippen LogP contribution in [0.3, 0.4) is 0 Å². The molecule has 0 aromatic heterocycles. The van der Waals surface area contributed by atoms with Crippen LogP contribution in [-0.4, -0.2) is 66.3 Å². The first-order chi connectivity index (χ1) is 16.8. The van der Waals surface area contributed by atoms with E-state index in [1.54, 1.807) is 13.8 Å². The molecule has 2 N–H and O–H groups in total. The Morgan fingerprint density at radius 1 is 1.00 bits per heavy atom. The minimum atomic E-state index is -1.62. The third-order valence-electron chi connectivity index (χ3n) is 6.62. The number of nitrogens with one attached hydrogen (secondary N) is 1. The van der Waals surface area contributed by atoms with Crippen LogP contribution in [0.15, 0.2) is 48.5 Å². The number of benzene rings is 2. The summed E-state index contributed by atoms with van der Waals surface area (Å²) in [7, 11) is 0. The molecule has 0 bridgehead atoms. The lowest BCUT2D eigenvalue weighted by Crippen LogP contribution is -2.53. The summed E-state index contributed by atoms with van der Waals surface area (Å²) in [4.78, 5) is 51.0. The maximum Gasteiger partial charge on any atom is 0.408 e. The van der Waals surface area contributed by atoms with Crippen LogP contribution in [0.25, 0.3) is 11.1 Å². The molecule has 2 aliphatic rings. The number of amides is 2. The average Bonchev–Trinajstić information content (AvgIpc) is 3.39. The number of hydrogen-bond donors (Lipinski definition) is 2. The smallest absolute Gasteiger partial charge is 0.408 e. The van der Waals surface area contributed by atoms with Crippen LogP contribution in [0.2, 0.25) is 0 Å². The van der Waals surface area contributed by atoms with Gasteiger partial charge in [0.1, 0.15) is 6.61 Å². The highest BCUT2D eigenvalue weighted by molar-refractivity contribution is 6.04. The fourth-order valence-electron chi connectivity index (χ4n) is 4.86. The number of alkyl carbamates (subject to hydrolysis) is 1. The molecule has 4 rings (SSSR count). The molecule has 9 nitrogen and oxygen atoms in total. The normalized spacial score (nSPS) is 19.4. The van der Waals surface area contributed by atoms with Gasteiger partial charge in [-0.25, -0.2) is 9.59 Å². The van der Waals surface area contributed by atoms with Crippen molar-refractivity contribution in [3.8, 4) is 11.1 Å². The van der Waals surface area contributed by atoms with Crippen molar-refractivity contribution < 1.29 is 33.8 Å². The van der Waals surface area contributed by atoms with Gasteiger partial charge in [-0.15, -0.1) is 0 Å². The number of carboxylic acids is 1. The number of carbonyl (C=O) groups is 4. The van der Waals surface area contributed by atoms with Gasteiger partial charge in [-0.2, -0.15) is 0 Å². The number of rotatable bonds is 7. The highest BCUT2D eigenvalue weighted by Crippen LogP contribution is 2.44. The lowest BCUT2D eigenvalue weighted by Gasteiger charge is -2.23. The van der Waals surface area contributed by atoms with Gasteiger partial charge in [0.2, 0.25) is 6.04 Å². The van der Waals surface area contributed by atoms with Crippen LogP contribution in [0.4, 0.5) is 4.79 Å². The van der Waals surface area contributed by atoms with E-state index in [9.17, 15) is 24.3 Å². The first-order valence-electron chi connectivity index (χ1n) is 11.6. The molecule has 1 heterocycles. The van der Waals surface area contributed by atoms with Crippen molar-refractivity contribution in [2.24, 2.45) is 11.8 Å². The van der Waals surface area contributed by atoms with Gasteiger partial charge in [-0.05, 0) is 35.1 Å². The first kappa shape index (κ1) is 24.3. The molecule has 1 saturated heterocycles. The SMILES string of the molecule is CCOC(=O)C(NC(=O)OCC1c2ccccc2-c2ccccc21)C(=O)N1C[C@@H](C)[C@H](C(=O)O)C1. The number of esters is 1. The molecule has 0 radical (unpaired) electrons.